The first kappa shape index (κ1) is 20.8. The molecule has 3 nitrogen and oxygen atoms in total. The number of rotatable bonds is 10. The van der Waals surface area contributed by atoms with Crippen molar-refractivity contribution < 1.29 is 4.79 Å². The lowest BCUT2D eigenvalue weighted by molar-refractivity contribution is -0.132. The largest absolute Gasteiger partial charge is 0.334 e. The monoisotopic (exact) mass is 292 g/mol. The molecule has 0 aliphatic carbocycles. The van der Waals surface area contributed by atoms with E-state index in [1.54, 1.807) is 0 Å². The van der Waals surface area contributed by atoms with Crippen molar-refractivity contribution in [1.82, 2.24) is 5.32 Å². The Morgan fingerprint density at radius 2 is 1.71 bits per heavy atom. The third-order valence-electron chi connectivity index (χ3n) is 5.83. The molecule has 3 atom stereocenters. The highest BCUT2D eigenvalue weighted by molar-refractivity contribution is 6.92. The van der Waals surface area contributed by atoms with Gasteiger partial charge < -0.3 is 11.1 Å². The molecule has 0 fully saturated rings. The third-order valence-corrected chi connectivity index (χ3v) is 5.83. The number of nitrogens with two attached hydrogens (primary N) is 1. The second kappa shape index (κ2) is 8.43. The normalized spacial score (nSPS) is 18.1. The zero-order valence-electron chi connectivity index (χ0n) is 15.5. The van der Waals surface area contributed by atoms with Crippen LogP contribution in [-0.4, -0.2) is 46.0 Å². The first-order valence-electron chi connectivity index (χ1n) is 8.72. The molecule has 0 saturated heterocycles. The van der Waals surface area contributed by atoms with Gasteiger partial charge >= 0.3 is 0 Å². The molecule has 0 amide bonds. The smallest absolute Gasteiger partial charge is 0.147 e. The van der Waals surface area contributed by atoms with Gasteiger partial charge in [-0.3, -0.25) is 4.79 Å². The van der Waals surface area contributed by atoms with Gasteiger partial charge in [0, 0.05) is 16.9 Å². The molecule has 3 N–H and O–H groups in total. The first-order chi connectivity index (χ1) is 9.65. The van der Waals surface area contributed by atoms with Crippen LogP contribution in [0.5, 0.6) is 0 Å². The van der Waals surface area contributed by atoms with Crippen LogP contribution in [-0.2, 0) is 4.79 Å². The zero-order chi connectivity index (χ0) is 16.8. The van der Waals surface area contributed by atoms with Crippen molar-refractivity contribution in [2.75, 3.05) is 0 Å². The fourth-order valence-electron chi connectivity index (χ4n) is 3.35. The quantitative estimate of drug-likeness (QED) is 0.557. The number of hydrogen-bond donors (Lipinski definition) is 2. The summed E-state index contributed by atoms with van der Waals surface area (Å²) in [5, 5.41) is 3.58. The molecule has 0 aliphatic heterocycles. The Morgan fingerprint density at radius 3 is 1.95 bits per heavy atom. The molecule has 6 heteroatoms. The van der Waals surface area contributed by atoms with Crippen molar-refractivity contribution in [1.29, 1.82) is 0 Å². The molecule has 0 bridgehead atoms. The number of nitrogens with one attached hydrogen (secondary N) is 1. The van der Waals surface area contributed by atoms with Gasteiger partial charge in [-0.2, -0.15) is 0 Å². The fraction of sp³-hybridized carbons (Fsp3) is 0.933. The van der Waals surface area contributed by atoms with E-state index in [1.807, 2.05) is 7.85 Å². The molecule has 3 unspecified atom stereocenters. The van der Waals surface area contributed by atoms with E-state index in [0.29, 0.717) is 11.7 Å². The zero-order valence-corrected chi connectivity index (χ0v) is 15.5. The lowest BCUT2D eigenvalue weighted by Gasteiger charge is -2.42. The van der Waals surface area contributed by atoms with E-state index >= 15 is 0 Å². The molecule has 0 rings (SSSR count). The lowest BCUT2D eigenvalue weighted by Crippen LogP contribution is -2.64. The maximum atomic E-state index is 13.2. The first-order valence-corrected chi connectivity index (χ1v) is 8.72. The summed E-state index contributed by atoms with van der Waals surface area (Å²) in [6, 6.07) is 0. The van der Waals surface area contributed by atoms with Gasteiger partial charge in [0.15, 0.2) is 0 Å². The Hall–Kier alpha value is -0.215. The van der Waals surface area contributed by atoms with Crippen LogP contribution in [0.15, 0.2) is 0 Å². The van der Waals surface area contributed by atoms with Crippen LogP contribution in [0.4, 0.5) is 0 Å². The van der Waals surface area contributed by atoms with E-state index in [1.165, 1.54) is 0 Å². The number of Topliss-reactive ketones (excluding diaryl/α,β-unsaturated/α-hetero) is 1. The number of carbonyl (C=O) groups excluding carboxylic acids is 1. The van der Waals surface area contributed by atoms with E-state index in [-0.39, 0.29) is 22.8 Å². The summed E-state index contributed by atoms with van der Waals surface area (Å²) in [6.45, 7) is 12.9. The third kappa shape index (κ3) is 4.38. The minimum atomic E-state index is -0.222. The van der Waals surface area contributed by atoms with Gasteiger partial charge in [0.2, 0.25) is 0 Å². The molecule has 0 spiro atoms. The van der Waals surface area contributed by atoms with E-state index in [9.17, 15) is 4.79 Å². The summed E-state index contributed by atoms with van der Waals surface area (Å²) >= 11 is 0. The van der Waals surface area contributed by atoms with Crippen LogP contribution in [0.2, 0.25) is 0 Å². The average molecular weight is 292 g/mol. The predicted molar refractivity (Wildman–Crippen MR) is 101 cm³/mol. The molecule has 0 saturated carbocycles. The Bertz CT molecular complexity index is 333. The van der Waals surface area contributed by atoms with Gasteiger partial charge in [0.05, 0.1) is 7.74 Å². The summed E-state index contributed by atoms with van der Waals surface area (Å²) in [4.78, 5) is 13.2. The second-order valence-electron chi connectivity index (χ2n) is 7.05. The molecule has 0 heterocycles. The van der Waals surface area contributed by atoms with Crippen LogP contribution < -0.4 is 11.1 Å². The number of hydrogen-bond acceptors (Lipinski definition) is 3. The van der Waals surface area contributed by atoms with Crippen molar-refractivity contribution in [3.8, 4) is 0 Å². The molecule has 0 aromatic heterocycles. The SMILES string of the molecule is BBC(NC(C)(CC)C(B)N)C(=O)C(CC)(CC)C(C)C. The lowest BCUT2D eigenvalue weighted by atomic mass is 9.46. The summed E-state index contributed by atoms with van der Waals surface area (Å²) < 4.78 is 0. The van der Waals surface area contributed by atoms with Crippen LogP contribution in [0.3, 0.4) is 0 Å². The highest BCUT2D eigenvalue weighted by Gasteiger charge is 2.42. The van der Waals surface area contributed by atoms with Crippen molar-refractivity contribution in [2.45, 2.75) is 78.2 Å². The van der Waals surface area contributed by atoms with Crippen LogP contribution >= 0.6 is 0 Å². The van der Waals surface area contributed by atoms with Gasteiger partial charge in [-0.25, -0.2) is 0 Å². The Kier molecular flexibility index (Phi) is 8.34. The number of ketones is 1. The Labute approximate surface area is 134 Å². The van der Waals surface area contributed by atoms with Crippen LogP contribution in [0.1, 0.15) is 60.8 Å². The standard InChI is InChI=1S/C15H35B3N2O/c1-7-14(6,13(16)19)20-12(18-17)11(21)15(8-2,9-3)10(4)5/h10,12-13,18,20H,7-9,16-17,19H2,1-6H3. The molecule has 0 aromatic rings. The average Bonchev–Trinajstić information content (AvgIpc) is 2.45. The van der Waals surface area contributed by atoms with Gasteiger partial charge in [-0.05, 0) is 38.0 Å². The van der Waals surface area contributed by atoms with Crippen LogP contribution in [0.25, 0.3) is 0 Å². The van der Waals surface area contributed by atoms with Crippen molar-refractivity contribution in [3.63, 3.8) is 0 Å². The minimum absolute atomic E-state index is 0.0149. The van der Waals surface area contributed by atoms with Gasteiger partial charge in [-0.15, -0.1) is 0 Å². The summed E-state index contributed by atoms with van der Waals surface area (Å²) in [6.07, 6.45) is 2.72. The van der Waals surface area contributed by atoms with E-state index in [0.717, 1.165) is 26.4 Å². The van der Waals surface area contributed by atoms with Gasteiger partial charge in [0.25, 0.3) is 0 Å². The molecular weight excluding hydrogens is 257 g/mol. The number of carbonyl (C=O) groups is 1. The molecule has 21 heavy (non-hydrogen) atoms. The van der Waals surface area contributed by atoms with Crippen LogP contribution in [0, 0.1) is 11.3 Å². The Balaban J connectivity index is 5.40. The fourth-order valence-corrected chi connectivity index (χ4v) is 3.35. The topological polar surface area (TPSA) is 55.1 Å². The maximum Gasteiger partial charge on any atom is 0.147 e. The summed E-state index contributed by atoms with van der Waals surface area (Å²) in [7, 11) is 4.92. The molecular formula is C15H35B3N2O. The highest BCUT2D eigenvalue weighted by atomic mass is 16.1. The van der Waals surface area contributed by atoms with E-state index < -0.39 is 0 Å². The van der Waals surface area contributed by atoms with Crippen molar-refractivity contribution in [3.05, 3.63) is 0 Å². The summed E-state index contributed by atoms with van der Waals surface area (Å²) in [5.74, 6) is 0.633. The molecule has 0 aliphatic rings. The predicted octanol–water partition coefficient (Wildman–Crippen LogP) is 0.00480. The maximum absolute atomic E-state index is 13.2. The molecule has 0 aromatic carbocycles. The van der Waals surface area contributed by atoms with E-state index in [4.69, 9.17) is 5.73 Å². The molecule has 120 valence electrons. The van der Waals surface area contributed by atoms with E-state index in [2.05, 4.69) is 54.6 Å². The Morgan fingerprint density at radius 1 is 1.24 bits per heavy atom. The van der Waals surface area contributed by atoms with Crippen molar-refractivity contribution >= 4 is 28.5 Å². The van der Waals surface area contributed by atoms with Gasteiger partial charge in [0.1, 0.15) is 20.8 Å². The van der Waals surface area contributed by atoms with Crippen molar-refractivity contribution in [2.24, 2.45) is 17.1 Å². The highest BCUT2D eigenvalue weighted by Crippen LogP contribution is 2.37. The van der Waals surface area contributed by atoms with Gasteiger partial charge in [-0.1, -0.05) is 34.6 Å². The summed E-state index contributed by atoms with van der Waals surface area (Å²) in [5.41, 5.74) is 5.73. The second-order valence-corrected chi connectivity index (χ2v) is 7.05. The minimum Gasteiger partial charge on any atom is -0.334 e. The molecule has 0 radical (unpaired) electrons.